The van der Waals surface area contributed by atoms with Crippen molar-refractivity contribution in [2.24, 2.45) is 10.9 Å². The summed E-state index contributed by atoms with van der Waals surface area (Å²) in [7, 11) is 0. The summed E-state index contributed by atoms with van der Waals surface area (Å²) in [5, 5.41) is 0. The minimum atomic E-state index is 0.583. The number of aliphatic imine (C=N–C) groups is 1. The van der Waals surface area contributed by atoms with Gasteiger partial charge < -0.3 is 0 Å². The van der Waals surface area contributed by atoms with E-state index in [1.807, 2.05) is 6.08 Å². The first-order chi connectivity index (χ1) is 6.57. The van der Waals surface area contributed by atoms with E-state index in [9.17, 15) is 0 Å². The van der Waals surface area contributed by atoms with E-state index in [4.69, 9.17) is 0 Å². The molecular weight excluding hydrogens is 170 g/mol. The minimum Gasteiger partial charge on any atom is -0.294 e. The maximum absolute atomic E-state index is 4.52. The maximum Gasteiger partial charge on any atom is 0.0391 e. The highest BCUT2D eigenvalue weighted by atomic mass is 14.7. The Labute approximate surface area is 88.6 Å². The molecule has 0 aliphatic rings. The Balaban J connectivity index is 3.71. The third kappa shape index (κ3) is 6.64. The van der Waals surface area contributed by atoms with Crippen LogP contribution >= 0.6 is 0 Å². The topological polar surface area (TPSA) is 12.4 Å². The molecule has 0 aromatic heterocycles. The van der Waals surface area contributed by atoms with Crippen LogP contribution in [0.3, 0.4) is 0 Å². The summed E-state index contributed by atoms with van der Waals surface area (Å²) >= 11 is 0. The largest absolute Gasteiger partial charge is 0.294 e. The summed E-state index contributed by atoms with van der Waals surface area (Å²) in [6.45, 7) is 13.2. The lowest BCUT2D eigenvalue weighted by atomic mass is 10.1. The highest BCUT2D eigenvalue weighted by Gasteiger charge is 1.96. The summed E-state index contributed by atoms with van der Waals surface area (Å²) in [5.41, 5.74) is 2.65. The van der Waals surface area contributed by atoms with E-state index >= 15 is 0 Å². The van der Waals surface area contributed by atoms with Gasteiger partial charge in [-0.2, -0.15) is 0 Å². The van der Waals surface area contributed by atoms with Crippen LogP contribution in [0.5, 0.6) is 0 Å². The summed E-state index contributed by atoms with van der Waals surface area (Å²) in [6.07, 6.45) is 6.18. The van der Waals surface area contributed by atoms with Crippen molar-refractivity contribution >= 4 is 5.71 Å². The second-order valence-corrected chi connectivity index (χ2v) is 4.03. The molecule has 0 amide bonds. The van der Waals surface area contributed by atoms with E-state index in [2.05, 4.69) is 45.3 Å². The van der Waals surface area contributed by atoms with Gasteiger partial charge in [-0.25, -0.2) is 0 Å². The fourth-order valence-electron chi connectivity index (χ4n) is 1.08. The fraction of sp³-hybridized carbons (Fsp3) is 0.615. The zero-order valence-corrected chi connectivity index (χ0v) is 10.0. The van der Waals surface area contributed by atoms with Gasteiger partial charge in [-0.3, -0.25) is 4.99 Å². The molecule has 14 heavy (non-hydrogen) atoms. The van der Waals surface area contributed by atoms with Gasteiger partial charge in [0.05, 0.1) is 0 Å². The van der Waals surface area contributed by atoms with Crippen molar-refractivity contribution in [1.82, 2.24) is 0 Å². The van der Waals surface area contributed by atoms with E-state index in [1.54, 1.807) is 0 Å². The average Bonchev–Trinajstić information content (AvgIpc) is 2.12. The summed E-state index contributed by atoms with van der Waals surface area (Å²) in [6, 6.07) is 0. The zero-order chi connectivity index (χ0) is 11.0. The molecule has 0 aromatic carbocycles. The van der Waals surface area contributed by atoms with Gasteiger partial charge in [0, 0.05) is 12.3 Å². The lowest BCUT2D eigenvalue weighted by molar-refractivity contribution is 0.801. The normalized spacial score (nSPS) is 13.5. The lowest BCUT2D eigenvalue weighted by Crippen LogP contribution is -2.02. The molecule has 0 bridgehead atoms. The molecule has 0 unspecified atom stereocenters. The van der Waals surface area contributed by atoms with Crippen LogP contribution in [0.4, 0.5) is 0 Å². The molecule has 1 nitrogen and oxygen atoms in total. The van der Waals surface area contributed by atoms with Crippen LogP contribution in [0, 0.1) is 5.92 Å². The van der Waals surface area contributed by atoms with Gasteiger partial charge in [-0.15, -0.1) is 0 Å². The number of hydrogen-bond acceptors (Lipinski definition) is 1. The predicted molar refractivity (Wildman–Crippen MR) is 66.0 cm³/mol. The van der Waals surface area contributed by atoms with E-state index in [-0.39, 0.29) is 0 Å². The molecule has 0 rings (SSSR count). The quantitative estimate of drug-likeness (QED) is 0.343. The molecular formula is C13H23N. The third-order valence-electron chi connectivity index (χ3n) is 2.33. The molecule has 1 heteroatoms. The molecule has 0 radical (unpaired) electrons. The first-order valence-corrected chi connectivity index (χ1v) is 5.37. The van der Waals surface area contributed by atoms with Crippen LogP contribution in [0.2, 0.25) is 0 Å². The molecule has 0 fully saturated rings. The number of rotatable bonds is 6. The van der Waals surface area contributed by atoms with Crippen LogP contribution in [-0.4, -0.2) is 12.3 Å². The molecule has 80 valence electrons. The Hall–Kier alpha value is -0.850. The Morgan fingerprint density at radius 3 is 2.50 bits per heavy atom. The van der Waals surface area contributed by atoms with Crippen molar-refractivity contribution in [3.05, 3.63) is 24.3 Å². The molecule has 0 saturated carbocycles. The van der Waals surface area contributed by atoms with Gasteiger partial charge in [0.1, 0.15) is 0 Å². The van der Waals surface area contributed by atoms with Gasteiger partial charge in [0.25, 0.3) is 0 Å². The van der Waals surface area contributed by atoms with Gasteiger partial charge in [-0.05, 0) is 32.6 Å². The summed E-state index contributed by atoms with van der Waals surface area (Å²) in [4.78, 5) is 4.52. The lowest BCUT2D eigenvalue weighted by Gasteiger charge is -2.04. The van der Waals surface area contributed by atoms with Crippen LogP contribution in [0.25, 0.3) is 0 Å². The predicted octanol–water partition coefficient (Wildman–Crippen LogP) is 4.02. The monoisotopic (exact) mass is 193 g/mol. The molecule has 0 saturated heterocycles. The van der Waals surface area contributed by atoms with E-state index in [0.717, 1.165) is 19.4 Å². The smallest absolute Gasteiger partial charge is 0.0391 e. The number of hydrogen-bond donors (Lipinski definition) is 0. The molecule has 0 aromatic rings. The maximum atomic E-state index is 4.52. The minimum absolute atomic E-state index is 0.583. The fourth-order valence-corrected chi connectivity index (χ4v) is 1.08. The zero-order valence-electron chi connectivity index (χ0n) is 10.0. The van der Waals surface area contributed by atoms with Gasteiger partial charge in [0.2, 0.25) is 0 Å². The molecule has 0 N–H and O–H groups in total. The second kappa shape index (κ2) is 7.54. The van der Waals surface area contributed by atoms with Crippen molar-refractivity contribution in [3.63, 3.8) is 0 Å². The third-order valence-corrected chi connectivity index (χ3v) is 2.33. The average molecular weight is 193 g/mol. The van der Waals surface area contributed by atoms with Crippen molar-refractivity contribution in [3.8, 4) is 0 Å². The van der Waals surface area contributed by atoms with Crippen LogP contribution < -0.4 is 0 Å². The molecule has 0 aliphatic carbocycles. The van der Waals surface area contributed by atoms with E-state index in [1.165, 1.54) is 11.3 Å². The van der Waals surface area contributed by atoms with E-state index in [0.29, 0.717) is 5.92 Å². The van der Waals surface area contributed by atoms with Crippen LogP contribution in [0.1, 0.15) is 40.5 Å². The molecule has 0 spiro atoms. The van der Waals surface area contributed by atoms with Crippen molar-refractivity contribution in [1.29, 1.82) is 0 Å². The highest BCUT2D eigenvalue weighted by Crippen LogP contribution is 2.04. The highest BCUT2D eigenvalue weighted by molar-refractivity contribution is 5.83. The number of nitrogens with zero attached hydrogens (tertiary/aromatic N) is 1. The van der Waals surface area contributed by atoms with Gasteiger partial charge >= 0.3 is 0 Å². The van der Waals surface area contributed by atoms with Crippen LogP contribution in [0.15, 0.2) is 29.3 Å². The SMILES string of the molecule is C=C/C=C(\C)CCCN=C(C)C(C)C. The standard InChI is InChI=1S/C13H23N/c1-6-8-12(4)9-7-10-14-13(5)11(2)3/h6,8,11H,1,7,9-10H2,2-5H3/b12-8+,14-13?. The van der Waals surface area contributed by atoms with Crippen molar-refractivity contribution in [2.45, 2.75) is 40.5 Å². The summed E-state index contributed by atoms with van der Waals surface area (Å²) in [5.74, 6) is 0.583. The van der Waals surface area contributed by atoms with Crippen LogP contribution in [-0.2, 0) is 0 Å². The molecule has 0 atom stereocenters. The Bertz CT molecular complexity index is 221. The summed E-state index contributed by atoms with van der Waals surface area (Å²) < 4.78 is 0. The van der Waals surface area contributed by atoms with E-state index < -0.39 is 0 Å². The Morgan fingerprint density at radius 1 is 1.36 bits per heavy atom. The van der Waals surface area contributed by atoms with Crippen molar-refractivity contribution < 1.29 is 0 Å². The first-order valence-electron chi connectivity index (χ1n) is 5.37. The van der Waals surface area contributed by atoms with Crippen molar-refractivity contribution in [2.75, 3.05) is 6.54 Å². The first kappa shape index (κ1) is 13.2. The number of allylic oxidation sites excluding steroid dienone is 3. The second-order valence-electron chi connectivity index (χ2n) is 4.03. The Kier molecular flexibility index (Phi) is 7.09. The van der Waals surface area contributed by atoms with Gasteiger partial charge in [0.15, 0.2) is 0 Å². The Morgan fingerprint density at radius 2 is 2.00 bits per heavy atom. The van der Waals surface area contributed by atoms with Gasteiger partial charge in [-0.1, -0.05) is 38.2 Å². The molecule has 0 heterocycles. The molecule has 0 aliphatic heterocycles.